The number of carbonyl (C=O) groups is 2. The molecule has 2 aromatic rings. The highest BCUT2D eigenvalue weighted by atomic mass is 16.5. The summed E-state index contributed by atoms with van der Waals surface area (Å²) in [7, 11) is 0. The molecule has 158 valence electrons. The highest BCUT2D eigenvalue weighted by molar-refractivity contribution is 5.86. The Kier molecular flexibility index (Phi) is 4.97. The van der Waals surface area contributed by atoms with Crippen molar-refractivity contribution < 1.29 is 19.4 Å². The van der Waals surface area contributed by atoms with E-state index in [0.717, 1.165) is 23.3 Å². The standard InChI is InChI=1S/C23H27N3O4/c27-22(28)21-8-9-26(24-21)23(29)25-13-17-11-20(12-18(17)14-25)30-19-7-3-6-16(10-19)15-4-1-2-5-15/h3,6-10,15,17-18,20H,1-2,4-5,11-14H2,(H,27,28)/t17-,18+,20+. The number of hydrogen-bond acceptors (Lipinski definition) is 4. The number of fused-ring (bicyclic) bond motifs is 1. The van der Waals surface area contributed by atoms with E-state index in [2.05, 4.69) is 29.4 Å². The van der Waals surface area contributed by atoms with Crippen molar-refractivity contribution >= 4 is 12.0 Å². The summed E-state index contributed by atoms with van der Waals surface area (Å²) >= 11 is 0. The highest BCUT2D eigenvalue weighted by Gasteiger charge is 2.43. The van der Waals surface area contributed by atoms with Gasteiger partial charge in [0.15, 0.2) is 5.69 Å². The van der Waals surface area contributed by atoms with Crippen LogP contribution in [0.4, 0.5) is 4.79 Å². The fraction of sp³-hybridized carbons (Fsp3) is 0.522. The van der Waals surface area contributed by atoms with Crippen molar-refractivity contribution in [3.05, 3.63) is 47.8 Å². The maximum atomic E-state index is 12.7. The molecule has 3 fully saturated rings. The molecule has 2 heterocycles. The Hall–Kier alpha value is -2.83. The van der Waals surface area contributed by atoms with Crippen molar-refractivity contribution in [2.24, 2.45) is 11.8 Å². The number of carboxylic acids is 1. The normalized spacial score (nSPS) is 26.1. The molecule has 2 aliphatic carbocycles. The van der Waals surface area contributed by atoms with E-state index in [0.29, 0.717) is 30.8 Å². The first kappa shape index (κ1) is 19.2. The third-order valence-corrected chi connectivity index (χ3v) is 6.97. The van der Waals surface area contributed by atoms with Gasteiger partial charge in [-0.05, 0) is 67.2 Å². The van der Waals surface area contributed by atoms with Crippen LogP contribution >= 0.6 is 0 Å². The monoisotopic (exact) mass is 409 g/mol. The third-order valence-electron chi connectivity index (χ3n) is 6.97. The van der Waals surface area contributed by atoms with Gasteiger partial charge in [0, 0.05) is 19.3 Å². The number of carboxylic acid groups (broad SMARTS) is 1. The molecule has 0 spiro atoms. The zero-order valence-electron chi connectivity index (χ0n) is 16.9. The molecular formula is C23H27N3O4. The molecule has 3 atom stereocenters. The minimum atomic E-state index is -1.13. The lowest BCUT2D eigenvalue weighted by atomic mass is 9.98. The molecule has 2 saturated carbocycles. The van der Waals surface area contributed by atoms with Crippen LogP contribution in [0.25, 0.3) is 0 Å². The van der Waals surface area contributed by atoms with Gasteiger partial charge in [0.2, 0.25) is 0 Å². The minimum Gasteiger partial charge on any atom is -0.490 e. The van der Waals surface area contributed by atoms with Gasteiger partial charge in [-0.1, -0.05) is 25.0 Å². The fourth-order valence-electron chi connectivity index (χ4n) is 5.48. The van der Waals surface area contributed by atoms with E-state index in [1.807, 2.05) is 0 Å². The third kappa shape index (κ3) is 3.68. The first-order chi connectivity index (χ1) is 14.6. The average Bonchev–Trinajstić information content (AvgIpc) is 3.50. The summed E-state index contributed by atoms with van der Waals surface area (Å²) in [6.45, 7) is 1.35. The van der Waals surface area contributed by atoms with E-state index in [1.54, 1.807) is 4.90 Å². The van der Waals surface area contributed by atoms with Crippen LogP contribution in [0.3, 0.4) is 0 Å². The van der Waals surface area contributed by atoms with E-state index in [1.165, 1.54) is 43.5 Å². The van der Waals surface area contributed by atoms with Crippen molar-refractivity contribution in [2.75, 3.05) is 13.1 Å². The number of ether oxygens (including phenoxy) is 1. The number of nitrogens with zero attached hydrogens (tertiary/aromatic N) is 3. The van der Waals surface area contributed by atoms with Gasteiger partial charge in [0.25, 0.3) is 0 Å². The van der Waals surface area contributed by atoms with Crippen molar-refractivity contribution in [2.45, 2.75) is 50.5 Å². The van der Waals surface area contributed by atoms with Gasteiger partial charge < -0.3 is 14.7 Å². The number of rotatable bonds is 4. The molecule has 1 N–H and O–H groups in total. The van der Waals surface area contributed by atoms with Crippen molar-refractivity contribution in [1.29, 1.82) is 0 Å². The Labute approximate surface area is 175 Å². The van der Waals surface area contributed by atoms with E-state index < -0.39 is 5.97 Å². The summed E-state index contributed by atoms with van der Waals surface area (Å²) < 4.78 is 7.47. The van der Waals surface area contributed by atoms with E-state index >= 15 is 0 Å². The number of aromatic carboxylic acids is 1. The van der Waals surface area contributed by atoms with Crippen LogP contribution in [0.2, 0.25) is 0 Å². The van der Waals surface area contributed by atoms with Crippen LogP contribution in [0.1, 0.15) is 60.5 Å². The average molecular weight is 409 g/mol. The molecule has 0 bridgehead atoms. The Morgan fingerprint density at radius 1 is 1.07 bits per heavy atom. The molecule has 1 aromatic carbocycles. The fourth-order valence-corrected chi connectivity index (χ4v) is 5.48. The van der Waals surface area contributed by atoms with Crippen LogP contribution in [-0.2, 0) is 0 Å². The quantitative estimate of drug-likeness (QED) is 0.825. The predicted molar refractivity (Wildman–Crippen MR) is 110 cm³/mol. The summed E-state index contributed by atoms with van der Waals surface area (Å²) in [5.41, 5.74) is 1.29. The first-order valence-electron chi connectivity index (χ1n) is 10.9. The molecule has 1 aromatic heterocycles. The summed E-state index contributed by atoms with van der Waals surface area (Å²) in [6.07, 6.45) is 8.72. The first-order valence-corrected chi connectivity index (χ1v) is 10.9. The topological polar surface area (TPSA) is 84.7 Å². The van der Waals surface area contributed by atoms with E-state index in [4.69, 9.17) is 9.84 Å². The van der Waals surface area contributed by atoms with Crippen molar-refractivity contribution in [3.8, 4) is 5.75 Å². The molecule has 5 rings (SSSR count). The minimum absolute atomic E-state index is 0.115. The molecule has 1 saturated heterocycles. The molecule has 3 aliphatic rings. The lowest BCUT2D eigenvalue weighted by Gasteiger charge is -2.20. The maximum Gasteiger partial charge on any atom is 0.356 e. The Morgan fingerprint density at radius 2 is 1.80 bits per heavy atom. The van der Waals surface area contributed by atoms with Crippen molar-refractivity contribution in [3.63, 3.8) is 0 Å². The largest absolute Gasteiger partial charge is 0.490 e. The Balaban J connectivity index is 1.17. The molecule has 1 amide bonds. The number of likely N-dealkylation sites (tertiary alicyclic amines) is 1. The number of amides is 1. The number of hydrogen-bond donors (Lipinski definition) is 1. The van der Waals surface area contributed by atoms with E-state index in [-0.39, 0.29) is 17.8 Å². The summed E-state index contributed by atoms with van der Waals surface area (Å²) in [5, 5.41) is 12.9. The number of benzene rings is 1. The van der Waals surface area contributed by atoms with Gasteiger partial charge in [-0.25, -0.2) is 9.59 Å². The van der Waals surface area contributed by atoms with Gasteiger partial charge in [-0.3, -0.25) is 0 Å². The van der Waals surface area contributed by atoms with Crippen LogP contribution in [0.15, 0.2) is 36.5 Å². The zero-order chi connectivity index (χ0) is 20.7. The van der Waals surface area contributed by atoms with Crippen LogP contribution < -0.4 is 4.74 Å². The molecule has 0 unspecified atom stereocenters. The number of aromatic nitrogens is 2. The van der Waals surface area contributed by atoms with Crippen LogP contribution in [-0.4, -0.2) is 51.0 Å². The van der Waals surface area contributed by atoms with Gasteiger partial charge >= 0.3 is 12.0 Å². The second kappa shape index (κ2) is 7.78. The molecule has 7 heteroatoms. The van der Waals surface area contributed by atoms with Gasteiger partial charge in [0.1, 0.15) is 5.75 Å². The summed E-state index contributed by atoms with van der Waals surface area (Å²) in [6, 6.07) is 9.70. The Morgan fingerprint density at radius 3 is 2.47 bits per heavy atom. The second-order valence-corrected chi connectivity index (χ2v) is 8.92. The van der Waals surface area contributed by atoms with Crippen molar-refractivity contribution in [1.82, 2.24) is 14.7 Å². The van der Waals surface area contributed by atoms with Gasteiger partial charge in [-0.2, -0.15) is 9.78 Å². The Bertz CT molecular complexity index is 935. The highest BCUT2D eigenvalue weighted by Crippen LogP contribution is 2.41. The zero-order valence-corrected chi connectivity index (χ0v) is 16.9. The molecular weight excluding hydrogens is 382 g/mol. The van der Waals surface area contributed by atoms with Gasteiger partial charge in [-0.15, -0.1) is 0 Å². The lowest BCUT2D eigenvalue weighted by Crippen LogP contribution is -2.34. The smallest absolute Gasteiger partial charge is 0.356 e. The van der Waals surface area contributed by atoms with E-state index in [9.17, 15) is 9.59 Å². The maximum absolute atomic E-state index is 12.7. The predicted octanol–water partition coefficient (Wildman–Crippen LogP) is 4.00. The molecule has 0 radical (unpaired) electrons. The number of carbonyl (C=O) groups excluding carboxylic acids is 1. The van der Waals surface area contributed by atoms with Crippen LogP contribution in [0, 0.1) is 11.8 Å². The molecule has 1 aliphatic heterocycles. The molecule has 7 nitrogen and oxygen atoms in total. The second-order valence-electron chi connectivity index (χ2n) is 8.92. The van der Waals surface area contributed by atoms with Crippen LogP contribution in [0.5, 0.6) is 5.75 Å². The summed E-state index contributed by atoms with van der Waals surface area (Å²) in [5.74, 6) is 1.37. The van der Waals surface area contributed by atoms with Gasteiger partial charge in [0.05, 0.1) is 6.10 Å². The lowest BCUT2D eigenvalue weighted by molar-refractivity contribution is 0.0690. The molecule has 30 heavy (non-hydrogen) atoms. The SMILES string of the molecule is O=C(O)c1ccn(C(=O)N2C[C@H]3C[C@H](Oc4cccc(C5CCCC5)c4)C[C@H]3C2)n1. The summed E-state index contributed by atoms with van der Waals surface area (Å²) in [4.78, 5) is 25.4.